The number of carboxylic acid groups (broad SMARTS) is 1. The van der Waals surface area contributed by atoms with Gasteiger partial charge in [-0.1, -0.05) is 30.3 Å². The average Bonchev–Trinajstić information content (AvgIpc) is 3.42. The molecule has 3 aromatic carbocycles. The Bertz CT molecular complexity index is 2110. The van der Waals surface area contributed by atoms with E-state index in [1.54, 1.807) is 17.0 Å². The fourth-order valence-electron chi connectivity index (χ4n) is 5.13. The quantitative estimate of drug-likeness (QED) is 0.124. The SMILES string of the molecule is Nc1c(N2CCc3ccc(CNC(=O)c4cc(C(=O)NCc5ccc(C(=O)O)cc5)nc5n[nH]c(=S)n45)cc3C2)c(=O)c1=O. The second-order valence-corrected chi connectivity index (χ2v) is 10.6. The van der Waals surface area contributed by atoms with Crippen LogP contribution in [0.4, 0.5) is 11.4 Å². The summed E-state index contributed by atoms with van der Waals surface area (Å²) in [5.41, 5.74) is 8.41. The van der Waals surface area contributed by atoms with Crippen molar-refractivity contribution in [2.45, 2.75) is 26.1 Å². The number of aromatic amines is 1. The van der Waals surface area contributed by atoms with Crippen molar-refractivity contribution in [1.82, 2.24) is 30.2 Å². The largest absolute Gasteiger partial charge is 0.478 e. The van der Waals surface area contributed by atoms with E-state index in [-0.39, 0.29) is 52.0 Å². The number of carbonyl (C=O) groups is 3. The lowest BCUT2D eigenvalue weighted by Gasteiger charge is -2.32. The van der Waals surface area contributed by atoms with E-state index in [0.29, 0.717) is 25.1 Å². The zero-order chi connectivity index (χ0) is 31.1. The smallest absolute Gasteiger partial charge is 0.335 e. The van der Waals surface area contributed by atoms with E-state index in [0.717, 1.165) is 16.7 Å². The number of nitrogens with two attached hydrogens (primary N) is 1. The number of anilines is 2. The Morgan fingerprint density at radius 1 is 0.955 bits per heavy atom. The van der Waals surface area contributed by atoms with Crippen molar-refractivity contribution in [2.24, 2.45) is 0 Å². The van der Waals surface area contributed by atoms with E-state index in [1.165, 1.54) is 22.6 Å². The molecule has 44 heavy (non-hydrogen) atoms. The van der Waals surface area contributed by atoms with Crippen LogP contribution < -0.4 is 32.1 Å². The number of carboxylic acids is 1. The molecule has 3 heterocycles. The molecule has 0 radical (unpaired) electrons. The molecule has 0 aliphatic carbocycles. The van der Waals surface area contributed by atoms with Gasteiger partial charge in [0.2, 0.25) is 4.77 Å². The van der Waals surface area contributed by atoms with E-state index in [2.05, 4.69) is 25.8 Å². The van der Waals surface area contributed by atoms with Gasteiger partial charge in [0.15, 0.2) is 0 Å². The highest BCUT2D eigenvalue weighted by molar-refractivity contribution is 7.71. The zero-order valence-electron chi connectivity index (χ0n) is 22.9. The molecular weight excluding hydrogens is 588 g/mol. The molecule has 0 saturated heterocycles. The first-order chi connectivity index (χ1) is 21.1. The lowest BCUT2D eigenvalue weighted by atomic mass is 9.96. The lowest BCUT2D eigenvalue weighted by molar-refractivity contribution is 0.0696. The van der Waals surface area contributed by atoms with Gasteiger partial charge in [0.05, 0.1) is 5.56 Å². The van der Waals surface area contributed by atoms with Crippen LogP contribution in [0.5, 0.6) is 0 Å². The summed E-state index contributed by atoms with van der Waals surface area (Å²) in [4.78, 5) is 67.0. The number of fused-ring (bicyclic) bond motifs is 2. The molecule has 0 bridgehead atoms. The van der Waals surface area contributed by atoms with Crippen LogP contribution in [-0.2, 0) is 26.1 Å². The summed E-state index contributed by atoms with van der Waals surface area (Å²) < 4.78 is 1.45. The number of aromatic carboxylic acids is 1. The minimum Gasteiger partial charge on any atom is -0.478 e. The van der Waals surface area contributed by atoms with E-state index in [4.69, 9.17) is 23.1 Å². The number of nitrogen functional groups attached to an aromatic ring is 1. The Morgan fingerprint density at radius 3 is 2.39 bits per heavy atom. The van der Waals surface area contributed by atoms with Gasteiger partial charge in [-0.15, -0.1) is 5.10 Å². The normalized spacial score (nSPS) is 12.7. The van der Waals surface area contributed by atoms with Gasteiger partial charge in [-0.2, -0.15) is 0 Å². The molecule has 2 amide bonds. The van der Waals surface area contributed by atoms with Crippen molar-refractivity contribution >= 4 is 47.2 Å². The lowest BCUT2D eigenvalue weighted by Crippen LogP contribution is -2.44. The van der Waals surface area contributed by atoms with Gasteiger partial charge < -0.3 is 26.4 Å². The molecule has 2 aromatic heterocycles. The summed E-state index contributed by atoms with van der Waals surface area (Å²) in [6.07, 6.45) is 0.673. The van der Waals surface area contributed by atoms with E-state index < -0.39 is 28.6 Å². The number of hydrogen-bond acceptors (Lipinski definition) is 10. The van der Waals surface area contributed by atoms with Crippen LogP contribution in [0.1, 0.15) is 53.6 Å². The van der Waals surface area contributed by atoms with E-state index >= 15 is 0 Å². The molecule has 0 saturated carbocycles. The molecule has 222 valence electrons. The van der Waals surface area contributed by atoms with Gasteiger partial charge in [-0.3, -0.25) is 19.2 Å². The first-order valence-electron chi connectivity index (χ1n) is 13.4. The van der Waals surface area contributed by atoms with Gasteiger partial charge in [-0.25, -0.2) is 19.3 Å². The van der Waals surface area contributed by atoms with Crippen LogP contribution in [0.15, 0.2) is 58.1 Å². The number of rotatable bonds is 8. The molecule has 1 aliphatic rings. The average molecular weight is 613 g/mol. The summed E-state index contributed by atoms with van der Waals surface area (Å²) in [5.74, 6) is -2.11. The molecule has 1 aliphatic heterocycles. The van der Waals surface area contributed by atoms with Crippen molar-refractivity contribution < 1.29 is 19.5 Å². The minimum atomic E-state index is -1.05. The number of carbonyl (C=O) groups excluding carboxylic acids is 2. The molecule has 0 unspecified atom stereocenters. The third-order valence-corrected chi connectivity index (χ3v) is 7.76. The molecule has 0 spiro atoms. The Kier molecular flexibility index (Phi) is 7.22. The fraction of sp³-hybridized carbons (Fsp3) is 0.172. The number of hydrogen-bond donors (Lipinski definition) is 5. The maximum atomic E-state index is 13.4. The molecule has 6 rings (SSSR count). The van der Waals surface area contributed by atoms with Gasteiger partial charge in [0.25, 0.3) is 28.4 Å². The predicted octanol–water partition coefficient (Wildman–Crippen LogP) is 1.09. The molecule has 0 fully saturated rings. The van der Waals surface area contributed by atoms with E-state index in [9.17, 15) is 24.0 Å². The number of benzene rings is 2. The van der Waals surface area contributed by atoms with Crippen LogP contribution in [0.2, 0.25) is 0 Å². The summed E-state index contributed by atoms with van der Waals surface area (Å²) in [7, 11) is 0. The van der Waals surface area contributed by atoms with Crippen LogP contribution in [0, 0.1) is 4.77 Å². The molecule has 14 nitrogen and oxygen atoms in total. The van der Waals surface area contributed by atoms with Gasteiger partial charge >= 0.3 is 5.97 Å². The number of nitrogens with zero attached hydrogens (tertiary/aromatic N) is 4. The third kappa shape index (κ3) is 5.20. The van der Waals surface area contributed by atoms with Crippen LogP contribution in [0.25, 0.3) is 5.78 Å². The Morgan fingerprint density at radius 2 is 1.66 bits per heavy atom. The number of amides is 2. The van der Waals surface area contributed by atoms with Crippen molar-refractivity contribution in [2.75, 3.05) is 17.2 Å². The summed E-state index contributed by atoms with van der Waals surface area (Å²) in [6, 6.07) is 13.2. The number of nitrogens with one attached hydrogen (secondary N) is 3. The standard InChI is InChI=1S/C29H24N8O6S/c30-21-22(24(39)23(21)38)36-8-7-16-4-3-15(9-18(16)13-36)12-32-26(41)20-10-19(33-28-34-35-29(44)37(20)28)25(40)31-11-14-1-5-17(6-2-14)27(42)43/h1-6,9-10H,7-8,11-13,30H2,(H,31,40)(H,32,41)(H,35,44)(H,42,43). The first-order valence-corrected chi connectivity index (χ1v) is 13.8. The summed E-state index contributed by atoms with van der Waals surface area (Å²) >= 11 is 5.28. The zero-order valence-corrected chi connectivity index (χ0v) is 23.7. The second kappa shape index (κ2) is 11.2. The number of aromatic nitrogens is 4. The molecular formula is C29H24N8O6S. The van der Waals surface area contributed by atoms with Gasteiger partial charge in [-0.05, 0) is 59.1 Å². The molecule has 6 N–H and O–H groups in total. The van der Waals surface area contributed by atoms with Gasteiger partial charge in [0.1, 0.15) is 22.8 Å². The summed E-state index contributed by atoms with van der Waals surface area (Å²) in [6.45, 7) is 1.22. The highest BCUT2D eigenvalue weighted by atomic mass is 32.1. The van der Waals surface area contributed by atoms with Crippen LogP contribution in [0.3, 0.4) is 0 Å². The number of H-pyrrole nitrogens is 1. The topological polar surface area (TPSA) is 205 Å². The van der Waals surface area contributed by atoms with Crippen LogP contribution in [-0.4, -0.2) is 49.0 Å². The monoisotopic (exact) mass is 612 g/mol. The molecule has 5 aromatic rings. The van der Waals surface area contributed by atoms with Crippen molar-refractivity contribution in [3.8, 4) is 0 Å². The predicted molar refractivity (Wildman–Crippen MR) is 161 cm³/mol. The molecule has 0 atom stereocenters. The Labute approximate surface area is 252 Å². The Hall–Kier alpha value is -5.70. The van der Waals surface area contributed by atoms with Crippen molar-refractivity contribution in [3.05, 3.63) is 113 Å². The minimum absolute atomic E-state index is 0.00848. The Balaban J connectivity index is 1.17. The fourth-order valence-corrected chi connectivity index (χ4v) is 5.36. The van der Waals surface area contributed by atoms with E-state index in [1.807, 2.05) is 18.2 Å². The summed E-state index contributed by atoms with van der Waals surface area (Å²) in [5, 5.41) is 21.2. The van der Waals surface area contributed by atoms with Gasteiger partial charge in [0, 0.05) is 26.2 Å². The maximum absolute atomic E-state index is 13.4. The maximum Gasteiger partial charge on any atom is 0.335 e. The highest BCUT2D eigenvalue weighted by Gasteiger charge is 2.27. The third-order valence-electron chi connectivity index (χ3n) is 7.48. The van der Waals surface area contributed by atoms with Crippen molar-refractivity contribution in [3.63, 3.8) is 0 Å². The highest BCUT2D eigenvalue weighted by Crippen LogP contribution is 2.26. The molecule has 15 heteroatoms. The second-order valence-electron chi connectivity index (χ2n) is 10.3. The van der Waals surface area contributed by atoms with Crippen molar-refractivity contribution in [1.29, 1.82) is 0 Å². The van der Waals surface area contributed by atoms with Crippen LogP contribution >= 0.6 is 12.2 Å². The first kappa shape index (κ1) is 28.4.